The fraction of sp³-hybridized carbons (Fsp3) is 0.214. The molecule has 0 radical (unpaired) electrons. The van der Waals surface area contributed by atoms with Gasteiger partial charge in [0.25, 0.3) is 0 Å². The van der Waals surface area contributed by atoms with Crippen molar-refractivity contribution in [2.45, 2.75) is 39.3 Å². The molecule has 1 aliphatic heterocycles. The summed E-state index contributed by atoms with van der Waals surface area (Å²) in [5.74, 6) is 0. The molecule has 1 fully saturated rings. The molecule has 1 N–H and O–H groups in total. The summed E-state index contributed by atoms with van der Waals surface area (Å²) in [6, 6.07) is 27.5. The van der Waals surface area contributed by atoms with Crippen molar-refractivity contribution < 1.29 is 0 Å². The molecule has 2 atom stereocenters. The molecule has 5 rings (SSSR count). The van der Waals surface area contributed by atoms with E-state index in [0.29, 0.717) is 0 Å². The summed E-state index contributed by atoms with van der Waals surface area (Å²) >= 11 is 5.86. The molecule has 4 aromatic rings. The van der Waals surface area contributed by atoms with Gasteiger partial charge in [-0.15, -0.1) is 0 Å². The minimum Gasteiger partial charge on any atom is -0.351 e. The Morgan fingerprint density at radius 3 is 2.30 bits per heavy atom. The SMILES string of the molecule is CCc1ccc(-n2c(C)cc([C@@H]3[C@@H](c4ccccn4)NC(=S)N3c3ccccc3)c2C)cc1. The number of benzene rings is 2. The standard InChI is InChI=1S/C28H28N4S/c1-4-21-13-15-23(16-14-21)31-19(2)18-24(20(31)3)27-26(25-12-8-9-17-29-25)30-28(33)32(27)22-10-6-5-7-11-22/h5-18,26-27H,4H2,1-3H3,(H,30,33)/t26-,27-/m1/s1. The van der Waals surface area contributed by atoms with E-state index in [1.54, 1.807) is 0 Å². The van der Waals surface area contributed by atoms with Crippen LogP contribution >= 0.6 is 12.2 Å². The minimum atomic E-state index is -0.0460. The van der Waals surface area contributed by atoms with Crippen molar-refractivity contribution >= 4 is 23.0 Å². The molecule has 2 aromatic heterocycles. The van der Waals surface area contributed by atoms with Gasteiger partial charge >= 0.3 is 0 Å². The minimum absolute atomic E-state index is 0.00957. The van der Waals surface area contributed by atoms with E-state index in [1.165, 1.54) is 28.2 Å². The molecule has 2 aromatic carbocycles. The number of hydrogen-bond donors (Lipinski definition) is 1. The number of hydrogen-bond acceptors (Lipinski definition) is 2. The van der Waals surface area contributed by atoms with Gasteiger partial charge < -0.3 is 14.8 Å². The van der Waals surface area contributed by atoms with Gasteiger partial charge in [0.15, 0.2) is 5.11 Å². The van der Waals surface area contributed by atoms with Crippen molar-refractivity contribution in [3.05, 3.63) is 113 Å². The van der Waals surface area contributed by atoms with Gasteiger partial charge in [0.2, 0.25) is 0 Å². The Labute approximate surface area is 200 Å². The summed E-state index contributed by atoms with van der Waals surface area (Å²) in [5, 5.41) is 4.28. The second-order valence-electron chi connectivity index (χ2n) is 8.51. The van der Waals surface area contributed by atoms with Crippen molar-refractivity contribution in [3.63, 3.8) is 0 Å². The van der Waals surface area contributed by atoms with Crippen molar-refractivity contribution in [1.29, 1.82) is 0 Å². The van der Waals surface area contributed by atoms with Crippen LogP contribution < -0.4 is 10.2 Å². The van der Waals surface area contributed by atoms with Gasteiger partial charge in [-0.2, -0.15) is 0 Å². The number of rotatable bonds is 5. The molecule has 33 heavy (non-hydrogen) atoms. The summed E-state index contributed by atoms with van der Waals surface area (Å²) in [4.78, 5) is 6.92. The van der Waals surface area contributed by atoms with E-state index in [0.717, 1.165) is 22.9 Å². The highest BCUT2D eigenvalue weighted by Crippen LogP contribution is 2.43. The molecule has 4 nitrogen and oxygen atoms in total. The molecule has 166 valence electrons. The average molecular weight is 453 g/mol. The molecule has 1 aliphatic rings. The second kappa shape index (κ2) is 8.83. The maximum atomic E-state index is 5.86. The number of aryl methyl sites for hydroxylation is 2. The van der Waals surface area contributed by atoms with Crippen LogP contribution in [-0.4, -0.2) is 14.7 Å². The van der Waals surface area contributed by atoms with E-state index in [1.807, 2.05) is 24.4 Å². The van der Waals surface area contributed by atoms with Gasteiger partial charge in [0.05, 0.1) is 17.8 Å². The lowest BCUT2D eigenvalue weighted by molar-refractivity contribution is 0.565. The van der Waals surface area contributed by atoms with Crippen LogP contribution in [0.25, 0.3) is 5.69 Å². The fourth-order valence-corrected chi connectivity index (χ4v) is 5.25. The number of anilines is 1. The lowest BCUT2D eigenvalue weighted by Crippen LogP contribution is -2.29. The van der Waals surface area contributed by atoms with Crippen molar-refractivity contribution in [2.75, 3.05) is 4.90 Å². The maximum Gasteiger partial charge on any atom is 0.174 e. The molecule has 0 aliphatic carbocycles. The highest BCUT2D eigenvalue weighted by atomic mass is 32.1. The summed E-state index contributed by atoms with van der Waals surface area (Å²) < 4.78 is 2.34. The van der Waals surface area contributed by atoms with Gasteiger partial charge in [0.1, 0.15) is 0 Å². The highest BCUT2D eigenvalue weighted by Gasteiger charge is 2.42. The molecule has 0 spiro atoms. The fourth-order valence-electron chi connectivity index (χ4n) is 4.90. The van der Waals surface area contributed by atoms with Gasteiger partial charge in [-0.1, -0.05) is 43.3 Å². The number of para-hydroxylation sites is 1. The van der Waals surface area contributed by atoms with Gasteiger partial charge in [-0.3, -0.25) is 4.98 Å². The van der Waals surface area contributed by atoms with E-state index in [-0.39, 0.29) is 12.1 Å². The van der Waals surface area contributed by atoms with Crippen LogP contribution in [0.15, 0.2) is 85.1 Å². The Kier molecular flexibility index (Phi) is 5.73. The normalized spacial score (nSPS) is 17.9. The Morgan fingerprint density at radius 1 is 0.909 bits per heavy atom. The first-order valence-corrected chi connectivity index (χ1v) is 11.8. The smallest absolute Gasteiger partial charge is 0.174 e. The maximum absolute atomic E-state index is 5.86. The lowest BCUT2D eigenvalue weighted by atomic mass is 9.96. The zero-order valence-corrected chi connectivity index (χ0v) is 20.0. The summed E-state index contributed by atoms with van der Waals surface area (Å²) in [6.45, 7) is 6.56. The van der Waals surface area contributed by atoms with Crippen LogP contribution in [0, 0.1) is 13.8 Å². The van der Waals surface area contributed by atoms with E-state index < -0.39 is 0 Å². The Balaban J connectivity index is 1.65. The van der Waals surface area contributed by atoms with Crippen LogP contribution in [0.3, 0.4) is 0 Å². The molecule has 0 amide bonds. The third-order valence-electron chi connectivity index (χ3n) is 6.52. The van der Waals surface area contributed by atoms with E-state index in [9.17, 15) is 0 Å². The number of thiocarbonyl (C=S) groups is 1. The van der Waals surface area contributed by atoms with Crippen LogP contribution in [0.2, 0.25) is 0 Å². The topological polar surface area (TPSA) is 33.1 Å². The Hall–Kier alpha value is -3.44. The van der Waals surface area contributed by atoms with Crippen molar-refractivity contribution in [2.24, 2.45) is 0 Å². The predicted molar refractivity (Wildman–Crippen MR) is 139 cm³/mol. The van der Waals surface area contributed by atoms with Crippen molar-refractivity contribution in [3.8, 4) is 5.69 Å². The van der Waals surface area contributed by atoms with Crippen LogP contribution in [-0.2, 0) is 6.42 Å². The highest BCUT2D eigenvalue weighted by molar-refractivity contribution is 7.80. The number of nitrogens with one attached hydrogen (secondary N) is 1. The monoisotopic (exact) mass is 452 g/mol. The molecular formula is C28H28N4S. The molecule has 3 heterocycles. The van der Waals surface area contributed by atoms with Crippen molar-refractivity contribution in [1.82, 2.24) is 14.9 Å². The van der Waals surface area contributed by atoms with E-state index in [2.05, 4.69) is 101 Å². The van der Waals surface area contributed by atoms with Crippen LogP contribution in [0.4, 0.5) is 5.69 Å². The average Bonchev–Trinajstić information content (AvgIpc) is 3.35. The summed E-state index contributed by atoms with van der Waals surface area (Å²) in [6.07, 6.45) is 2.89. The molecule has 1 saturated heterocycles. The first-order chi connectivity index (χ1) is 16.1. The van der Waals surface area contributed by atoms with E-state index >= 15 is 0 Å². The second-order valence-corrected chi connectivity index (χ2v) is 8.90. The molecule has 5 heteroatoms. The quantitative estimate of drug-likeness (QED) is 0.364. The van der Waals surface area contributed by atoms with Gasteiger partial charge in [-0.25, -0.2) is 0 Å². The third kappa shape index (κ3) is 3.83. The molecule has 0 saturated carbocycles. The van der Waals surface area contributed by atoms with Crippen LogP contribution in [0.1, 0.15) is 47.2 Å². The molecule has 0 unspecified atom stereocenters. The Bertz CT molecular complexity index is 1260. The number of pyridine rings is 1. The molecule has 0 bridgehead atoms. The molecular weight excluding hydrogens is 424 g/mol. The number of aromatic nitrogens is 2. The summed E-state index contributed by atoms with van der Waals surface area (Å²) in [5.41, 5.74) is 8.27. The summed E-state index contributed by atoms with van der Waals surface area (Å²) in [7, 11) is 0. The third-order valence-corrected chi connectivity index (χ3v) is 6.84. The van der Waals surface area contributed by atoms with Crippen LogP contribution in [0.5, 0.6) is 0 Å². The van der Waals surface area contributed by atoms with Gasteiger partial charge in [-0.05, 0) is 86.1 Å². The lowest BCUT2D eigenvalue weighted by Gasteiger charge is -2.28. The first kappa shape index (κ1) is 21.4. The predicted octanol–water partition coefficient (Wildman–Crippen LogP) is 6.23. The van der Waals surface area contributed by atoms with Gasteiger partial charge in [0, 0.05) is 29.0 Å². The Morgan fingerprint density at radius 2 is 1.64 bits per heavy atom. The largest absolute Gasteiger partial charge is 0.351 e. The number of nitrogens with zero attached hydrogens (tertiary/aromatic N) is 3. The van der Waals surface area contributed by atoms with E-state index in [4.69, 9.17) is 12.2 Å². The zero-order valence-electron chi connectivity index (χ0n) is 19.2. The zero-order chi connectivity index (χ0) is 22.9. The first-order valence-electron chi connectivity index (χ1n) is 11.4.